The Hall–Kier alpha value is -1.55. The van der Waals surface area contributed by atoms with Crippen LogP contribution < -0.4 is 21.1 Å². The molecule has 1 aliphatic heterocycles. The number of carbonyl (C=O) groups excluding carboxylic acids is 1. The summed E-state index contributed by atoms with van der Waals surface area (Å²) in [4.78, 5) is 17.6. The van der Waals surface area contributed by atoms with E-state index in [4.69, 9.17) is 10.5 Å². The van der Waals surface area contributed by atoms with Crippen LogP contribution in [0.2, 0.25) is 0 Å². The Morgan fingerprint density at radius 1 is 1.42 bits per heavy atom. The number of halogens is 1. The minimum absolute atomic E-state index is 0. The number of primary amides is 1. The van der Waals surface area contributed by atoms with Crippen LogP contribution in [0.5, 0.6) is 5.75 Å². The number of ether oxygens (including phenoxy) is 1. The Morgan fingerprint density at radius 3 is 2.92 bits per heavy atom. The van der Waals surface area contributed by atoms with E-state index in [0.29, 0.717) is 18.3 Å². The van der Waals surface area contributed by atoms with Crippen LogP contribution in [0.1, 0.15) is 25.3 Å². The normalized spacial score (nSPS) is 17.5. The molecule has 1 aromatic rings. The number of nitrogens with two attached hydrogens (primary N) is 1. The molecular weight excluding hydrogens is 445 g/mol. The SMILES string of the molecule is CCN1CCCC1CNC(=NC)NCc1cccc(OCC(N)=O)c1.I. The summed E-state index contributed by atoms with van der Waals surface area (Å²) in [5.41, 5.74) is 6.14. The molecule has 8 heteroatoms. The van der Waals surface area contributed by atoms with Crippen molar-refractivity contribution >= 4 is 35.8 Å². The molecule has 2 rings (SSSR count). The van der Waals surface area contributed by atoms with Crippen molar-refractivity contribution in [3.8, 4) is 5.75 Å². The van der Waals surface area contributed by atoms with Crippen LogP contribution in [-0.2, 0) is 11.3 Å². The van der Waals surface area contributed by atoms with E-state index < -0.39 is 5.91 Å². The highest BCUT2D eigenvalue weighted by Gasteiger charge is 2.22. The largest absolute Gasteiger partial charge is 0.484 e. The quantitative estimate of drug-likeness (QED) is 0.300. The first-order chi connectivity index (χ1) is 12.1. The number of aliphatic imine (C=N–C) groups is 1. The van der Waals surface area contributed by atoms with Crippen molar-refractivity contribution in [1.29, 1.82) is 0 Å². The lowest BCUT2D eigenvalue weighted by Crippen LogP contribution is -2.44. The summed E-state index contributed by atoms with van der Waals surface area (Å²) in [5, 5.41) is 6.71. The molecule has 1 fully saturated rings. The fourth-order valence-corrected chi connectivity index (χ4v) is 3.06. The molecule has 0 saturated carbocycles. The number of likely N-dealkylation sites (tertiary alicyclic amines) is 1. The minimum Gasteiger partial charge on any atom is -0.484 e. The summed E-state index contributed by atoms with van der Waals surface area (Å²) < 4.78 is 5.33. The van der Waals surface area contributed by atoms with E-state index in [1.807, 2.05) is 18.2 Å². The molecule has 1 heterocycles. The number of rotatable bonds is 8. The highest BCUT2D eigenvalue weighted by molar-refractivity contribution is 14.0. The molecule has 26 heavy (non-hydrogen) atoms. The lowest BCUT2D eigenvalue weighted by molar-refractivity contribution is -0.119. The van der Waals surface area contributed by atoms with Gasteiger partial charge in [0.1, 0.15) is 5.75 Å². The maximum Gasteiger partial charge on any atom is 0.255 e. The summed E-state index contributed by atoms with van der Waals surface area (Å²) in [6.45, 7) is 5.89. The van der Waals surface area contributed by atoms with E-state index >= 15 is 0 Å². The second-order valence-electron chi connectivity index (χ2n) is 6.13. The Balaban J connectivity index is 0.00000338. The summed E-state index contributed by atoms with van der Waals surface area (Å²) >= 11 is 0. The predicted molar refractivity (Wildman–Crippen MR) is 115 cm³/mol. The van der Waals surface area contributed by atoms with E-state index in [1.165, 1.54) is 19.4 Å². The molecule has 0 spiro atoms. The van der Waals surface area contributed by atoms with Crippen LogP contribution in [-0.4, -0.2) is 56.1 Å². The number of likely N-dealkylation sites (N-methyl/N-ethyl adjacent to an activating group) is 1. The van der Waals surface area contributed by atoms with Crippen molar-refractivity contribution in [1.82, 2.24) is 15.5 Å². The van der Waals surface area contributed by atoms with Gasteiger partial charge in [0.2, 0.25) is 0 Å². The van der Waals surface area contributed by atoms with E-state index in [9.17, 15) is 4.79 Å². The lowest BCUT2D eigenvalue weighted by atomic mass is 10.2. The number of nitrogens with one attached hydrogen (secondary N) is 2. The number of nitrogens with zero attached hydrogens (tertiary/aromatic N) is 2. The molecule has 1 atom stereocenters. The van der Waals surface area contributed by atoms with Gasteiger partial charge in [0.25, 0.3) is 5.91 Å². The Morgan fingerprint density at radius 2 is 2.23 bits per heavy atom. The summed E-state index contributed by atoms with van der Waals surface area (Å²) in [6, 6.07) is 8.15. The average molecular weight is 475 g/mol. The number of benzene rings is 1. The molecular formula is C18H30IN5O2. The van der Waals surface area contributed by atoms with Crippen LogP contribution in [0.4, 0.5) is 0 Å². The zero-order valence-corrected chi connectivity index (χ0v) is 17.9. The molecule has 1 saturated heterocycles. The fourth-order valence-electron chi connectivity index (χ4n) is 3.06. The van der Waals surface area contributed by atoms with E-state index in [0.717, 1.165) is 24.6 Å². The van der Waals surface area contributed by atoms with E-state index in [-0.39, 0.29) is 30.6 Å². The van der Waals surface area contributed by atoms with Gasteiger partial charge in [-0.2, -0.15) is 0 Å². The molecule has 1 aliphatic rings. The molecule has 1 amide bonds. The van der Waals surface area contributed by atoms with Gasteiger partial charge in [0, 0.05) is 26.2 Å². The highest BCUT2D eigenvalue weighted by atomic mass is 127. The van der Waals surface area contributed by atoms with Gasteiger partial charge < -0.3 is 21.1 Å². The van der Waals surface area contributed by atoms with Crippen molar-refractivity contribution < 1.29 is 9.53 Å². The molecule has 0 aromatic heterocycles. The second kappa shape index (κ2) is 11.9. The van der Waals surface area contributed by atoms with Gasteiger partial charge >= 0.3 is 0 Å². The molecule has 0 radical (unpaired) electrons. The topological polar surface area (TPSA) is 92.0 Å². The third-order valence-corrected chi connectivity index (χ3v) is 4.37. The third-order valence-electron chi connectivity index (χ3n) is 4.37. The number of carbonyl (C=O) groups is 1. The lowest BCUT2D eigenvalue weighted by Gasteiger charge is -2.24. The average Bonchev–Trinajstić information content (AvgIpc) is 3.08. The smallest absolute Gasteiger partial charge is 0.255 e. The predicted octanol–water partition coefficient (Wildman–Crippen LogP) is 1.32. The van der Waals surface area contributed by atoms with Gasteiger partial charge in [-0.15, -0.1) is 24.0 Å². The number of amides is 1. The Kier molecular flexibility index (Phi) is 10.3. The van der Waals surface area contributed by atoms with Crippen LogP contribution >= 0.6 is 24.0 Å². The molecule has 4 N–H and O–H groups in total. The van der Waals surface area contributed by atoms with Gasteiger partial charge in [0.05, 0.1) is 0 Å². The van der Waals surface area contributed by atoms with Crippen molar-refractivity contribution in [3.05, 3.63) is 29.8 Å². The highest BCUT2D eigenvalue weighted by Crippen LogP contribution is 2.15. The van der Waals surface area contributed by atoms with Crippen molar-refractivity contribution in [2.75, 3.05) is 33.3 Å². The molecule has 7 nitrogen and oxygen atoms in total. The van der Waals surface area contributed by atoms with Gasteiger partial charge in [-0.3, -0.25) is 14.7 Å². The van der Waals surface area contributed by atoms with Crippen molar-refractivity contribution in [3.63, 3.8) is 0 Å². The fraction of sp³-hybridized carbons (Fsp3) is 0.556. The monoisotopic (exact) mass is 475 g/mol. The number of hydrogen-bond donors (Lipinski definition) is 3. The maximum absolute atomic E-state index is 10.8. The van der Waals surface area contributed by atoms with E-state index in [2.05, 4.69) is 27.4 Å². The summed E-state index contributed by atoms with van der Waals surface area (Å²) in [6.07, 6.45) is 2.50. The molecule has 0 aliphatic carbocycles. The standard InChI is InChI=1S/C18H29N5O2.HI/c1-3-23-9-5-7-15(23)12-22-18(20-2)21-11-14-6-4-8-16(10-14)25-13-17(19)24;/h4,6,8,10,15H,3,5,7,9,11-13H2,1-2H3,(H2,19,24)(H2,20,21,22);1H. The zero-order chi connectivity index (χ0) is 18.1. The van der Waals surface area contributed by atoms with E-state index in [1.54, 1.807) is 13.1 Å². The van der Waals surface area contributed by atoms with Gasteiger partial charge in [-0.25, -0.2) is 0 Å². The number of guanidine groups is 1. The molecule has 1 aromatic carbocycles. The Bertz CT molecular complexity index is 597. The molecule has 1 unspecified atom stereocenters. The third kappa shape index (κ3) is 7.36. The first-order valence-corrected chi connectivity index (χ1v) is 8.81. The number of hydrogen-bond acceptors (Lipinski definition) is 4. The first kappa shape index (κ1) is 22.5. The molecule has 146 valence electrons. The summed E-state index contributed by atoms with van der Waals surface area (Å²) in [7, 11) is 1.77. The van der Waals surface area contributed by atoms with Crippen LogP contribution in [0.25, 0.3) is 0 Å². The van der Waals surface area contributed by atoms with Gasteiger partial charge in [-0.1, -0.05) is 19.1 Å². The first-order valence-electron chi connectivity index (χ1n) is 8.81. The second-order valence-corrected chi connectivity index (χ2v) is 6.13. The minimum atomic E-state index is -0.485. The maximum atomic E-state index is 10.8. The van der Waals surface area contributed by atoms with Crippen LogP contribution in [0.3, 0.4) is 0 Å². The molecule has 0 bridgehead atoms. The van der Waals surface area contributed by atoms with Gasteiger partial charge in [-0.05, 0) is 43.6 Å². The zero-order valence-electron chi connectivity index (χ0n) is 15.5. The summed E-state index contributed by atoms with van der Waals surface area (Å²) in [5.74, 6) is 0.929. The van der Waals surface area contributed by atoms with Crippen LogP contribution in [0.15, 0.2) is 29.3 Å². The van der Waals surface area contributed by atoms with Crippen molar-refractivity contribution in [2.45, 2.75) is 32.4 Å². The Labute approximate surface area is 172 Å². The van der Waals surface area contributed by atoms with Gasteiger partial charge in [0.15, 0.2) is 12.6 Å². The van der Waals surface area contributed by atoms with Crippen LogP contribution in [0, 0.1) is 0 Å². The van der Waals surface area contributed by atoms with Crippen molar-refractivity contribution in [2.24, 2.45) is 10.7 Å².